The van der Waals surface area contributed by atoms with Gasteiger partial charge in [-0.25, -0.2) is 4.98 Å². The molecular formula is C21H22N6O3. The van der Waals surface area contributed by atoms with Gasteiger partial charge in [0, 0.05) is 19.1 Å². The van der Waals surface area contributed by atoms with E-state index in [0.29, 0.717) is 24.5 Å². The molecular weight excluding hydrogens is 384 g/mol. The maximum absolute atomic E-state index is 13.7. The van der Waals surface area contributed by atoms with Gasteiger partial charge in [-0.3, -0.25) is 9.20 Å². The fraction of sp³-hybridized carbons (Fsp3) is 0.429. The lowest BCUT2D eigenvalue weighted by molar-refractivity contribution is 0.0973. The zero-order valence-corrected chi connectivity index (χ0v) is 16.5. The van der Waals surface area contributed by atoms with E-state index >= 15 is 0 Å². The van der Waals surface area contributed by atoms with Crippen LogP contribution in [0, 0.1) is 0 Å². The second kappa shape index (κ2) is 7.03. The highest BCUT2D eigenvalue weighted by Gasteiger charge is 2.26. The van der Waals surface area contributed by atoms with Crippen LogP contribution < -0.4 is 5.56 Å². The van der Waals surface area contributed by atoms with Crippen molar-refractivity contribution >= 4 is 16.6 Å². The third-order valence-electron chi connectivity index (χ3n) is 6.16. The predicted octanol–water partition coefficient (Wildman–Crippen LogP) is 1.91. The molecule has 1 aromatic carbocycles. The first-order chi connectivity index (χ1) is 14.8. The molecule has 0 saturated carbocycles. The fourth-order valence-corrected chi connectivity index (χ4v) is 4.64. The summed E-state index contributed by atoms with van der Waals surface area (Å²) in [5.41, 5.74) is 3.12. The van der Waals surface area contributed by atoms with Crippen molar-refractivity contribution in [3.8, 4) is 5.82 Å². The predicted molar refractivity (Wildman–Crippen MR) is 109 cm³/mol. The van der Waals surface area contributed by atoms with Crippen LogP contribution in [0.25, 0.3) is 22.4 Å². The van der Waals surface area contributed by atoms with Gasteiger partial charge in [-0.15, -0.1) is 5.10 Å². The van der Waals surface area contributed by atoms with E-state index in [-0.39, 0.29) is 17.6 Å². The third kappa shape index (κ3) is 2.69. The molecule has 5 heterocycles. The number of hydrogen-bond acceptors (Lipinski definition) is 6. The Kier molecular flexibility index (Phi) is 4.17. The summed E-state index contributed by atoms with van der Waals surface area (Å²) in [6, 6.07) is 7.90. The van der Waals surface area contributed by atoms with Gasteiger partial charge in [0.05, 0.1) is 42.2 Å². The standard InChI is InChI=1S/C21H22N6O3/c28-21-19-20(27-18(10-23-24-27)14-7-9-29-12-14)22-13-26(19)17-6-2-1-5-16(17)25(21)11-15-4-3-8-30-15/h1-2,5-6,10,13-15H,3-4,7-9,11-12H2. The molecule has 0 spiro atoms. The molecule has 9 nitrogen and oxygen atoms in total. The number of benzene rings is 1. The minimum atomic E-state index is -0.0965. The van der Waals surface area contributed by atoms with Crippen molar-refractivity contribution in [3.63, 3.8) is 0 Å². The number of aromatic nitrogens is 6. The molecule has 154 valence electrons. The van der Waals surface area contributed by atoms with E-state index in [4.69, 9.17) is 9.47 Å². The van der Waals surface area contributed by atoms with E-state index in [0.717, 1.165) is 49.2 Å². The Morgan fingerprint density at radius 2 is 2.03 bits per heavy atom. The Morgan fingerprint density at radius 1 is 1.13 bits per heavy atom. The molecule has 6 rings (SSSR count). The van der Waals surface area contributed by atoms with Crippen molar-refractivity contribution in [2.45, 2.75) is 37.8 Å². The summed E-state index contributed by atoms with van der Waals surface area (Å²) < 4.78 is 16.7. The van der Waals surface area contributed by atoms with Crippen LogP contribution in [-0.2, 0) is 16.0 Å². The summed E-state index contributed by atoms with van der Waals surface area (Å²) in [4.78, 5) is 18.3. The summed E-state index contributed by atoms with van der Waals surface area (Å²) in [7, 11) is 0. The molecule has 2 aliphatic rings. The van der Waals surface area contributed by atoms with Crippen LogP contribution in [0.4, 0.5) is 0 Å². The number of hydrogen-bond donors (Lipinski definition) is 0. The average molecular weight is 406 g/mol. The Labute approximate surface area is 171 Å². The first kappa shape index (κ1) is 17.8. The van der Waals surface area contributed by atoms with E-state index in [9.17, 15) is 4.79 Å². The average Bonchev–Trinajstić information content (AvgIpc) is 3.55. The van der Waals surface area contributed by atoms with Crippen LogP contribution in [0.3, 0.4) is 0 Å². The second-order valence-corrected chi connectivity index (χ2v) is 7.96. The molecule has 0 aliphatic carbocycles. The van der Waals surface area contributed by atoms with Crippen molar-refractivity contribution in [2.24, 2.45) is 0 Å². The summed E-state index contributed by atoms with van der Waals surface area (Å²) in [6.45, 7) is 2.63. The lowest BCUT2D eigenvalue weighted by Gasteiger charge is -2.16. The van der Waals surface area contributed by atoms with Crippen LogP contribution in [-0.4, -0.2) is 54.9 Å². The third-order valence-corrected chi connectivity index (χ3v) is 6.16. The van der Waals surface area contributed by atoms with Gasteiger partial charge in [0.1, 0.15) is 6.33 Å². The van der Waals surface area contributed by atoms with Crippen molar-refractivity contribution < 1.29 is 9.47 Å². The summed E-state index contributed by atoms with van der Waals surface area (Å²) in [5, 5.41) is 8.38. The van der Waals surface area contributed by atoms with Crippen molar-refractivity contribution in [1.82, 2.24) is 28.9 Å². The molecule has 2 fully saturated rings. The van der Waals surface area contributed by atoms with Gasteiger partial charge < -0.3 is 14.0 Å². The normalized spacial score (nSPS) is 21.9. The van der Waals surface area contributed by atoms with Crippen LogP contribution >= 0.6 is 0 Å². The highest BCUT2D eigenvalue weighted by atomic mass is 16.5. The second-order valence-electron chi connectivity index (χ2n) is 7.96. The number of para-hydroxylation sites is 2. The summed E-state index contributed by atoms with van der Waals surface area (Å²) >= 11 is 0. The van der Waals surface area contributed by atoms with Gasteiger partial charge in [-0.05, 0) is 31.4 Å². The Bertz CT molecular complexity index is 1280. The number of nitrogens with zero attached hydrogens (tertiary/aromatic N) is 6. The van der Waals surface area contributed by atoms with Gasteiger partial charge in [0.2, 0.25) is 0 Å². The molecule has 0 amide bonds. The molecule has 0 radical (unpaired) electrons. The van der Waals surface area contributed by atoms with Crippen LogP contribution in [0.2, 0.25) is 0 Å². The zero-order chi connectivity index (χ0) is 20.1. The highest BCUT2D eigenvalue weighted by molar-refractivity contribution is 5.80. The molecule has 30 heavy (non-hydrogen) atoms. The van der Waals surface area contributed by atoms with E-state index in [2.05, 4.69) is 15.3 Å². The van der Waals surface area contributed by atoms with Crippen molar-refractivity contribution in [1.29, 1.82) is 0 Å². The lowest BCUT2D eigenvalue weighted by Crippen LogP contribution is -2.28. The SMILES string of the molecule is O=c1c2c(-n3nncc3C3CCOC3)ncn2c2ccccc2n1CC1CCCO1. The molecule has 4 aromatic rings. The molecule has 0 N–H and O–H groups in total. The van der Waals surface area contributed by atoms with Crippen molar-refractivity contribution in [3.05, 3.63) is 52.8 Å². The Balaban J connectivity index is 1.58. The van der Waals surface area contributed by atoms with Gasteiger partial charge in [-0.2, -0.15) is 4.68 Å². The Hall–Kier alpha value is -3.04. The largest absolute Gasteiger partial charge is 0.381 e. The van der Waals surface area contributed by atoms with Gasteiger partial charge in [-0.1, -0.05) is 17.3 Å². The van der Waals surface area contributed by atoms with E-state index in [1.54, 1.807) is 17.2 Å². The number of ether oxygens (including phenoxy) is 2. The Morgan fingerprint density at radius 3 is 2.83 bits per heavy atom. The molecule has 9 heteroatoms. The quantitative estimate of drug-likeness (QED) is 0.514. The van der Waals surface area contributed by atoms with Crippen LogP contribution in [0.1, 0.15) is 30.9 Å². The molecule has 2 saturated heterocycles. The van der Waals surface area contributed by atoms with Crippen LogP contribution in [0.5, 0.6) is 0 Å². The van der Waals surface area contributed by atoms with E-state index in [1.807, 2.05) is 33.2 Å². The van der Waals surface area contributed by atoms with E-state index in [1.165, 1.54) is 0 Å². The summed E-state index contributed by atoms with van der Waals surface area (Å²) in [5.74, 6) is 0.706. The first-order valence-electron chi connectivity index (χ1n) is 10.4. The number of imidazole rings is 1. The smallest absolute Gasteiger partial charge is 0.279 e. The minimum Gasteiger partial charge on any atom is -0.381 e. The number of rotatable bonds is 4. The summed E-state index contributed by atoms with van der Waals surface area (Å²) in [6.07, 6.45) is 6.40. The highest BCUT2D eigenvalue weighted by Crippen LogP contribution is 2.27. The topological polar surface area (TPSA) is 88.5 Å². The maximum atomic E-state index is 13.7. The van der Waals surface area contributed by atoms with Gasteiger partial charge in [0.25, 0.3) is 5.56 Å². The molecule has 3 aromatic heterocycles. The lowest BCUT2D eigenvalue weighted by atomic mass is 10.1. The van der Waals surface area contributed by atoms with Gasteiger partial charge in [0.15, 0.2) is 11.3 Å². The van der Waals surface area contributed by atoms with Crippen molar-refractivity contribution in [2.75, 3.05) is 19.8 Å². The molecule has 2 atom stereocenters. The molecule has 0 bridgehead atoms. The monoisotopic (exact) mass is 406 g/mol. The zero-order valence-electron chi connectivity index (χ0n) is 16.5. The minimum absolute atomic E-state index is 0.0532. The molecule has 2 unspecified atom stereocenters. The van der Waals surface area contributed by atoms with E-state index < -0.39 is 0 Å². The fourth-order valence-electron chi connectivity index (χ4n) is 4.64. The molecule has 2 aliphatic heterocycles. The van der Waals surface area contributed by atoms with Crippen LogP contribution in [0.15, 0.2) is 41.6 Å². The number of fused-ring (bicyclic) bond motifs is 3. The first-order valence-corrected chi connectivity index (χ1v) is 10.4. The maximum Gasteiger partial charge on any atom is 0.279 e. The van der Waals surface area contributed by atoms with Gasteiger partial charge >= 0.3 is 0 Å².